The minimum absolute atomic E-state index is 0.122. The van der Waals surface area contributed by atoms with Crippen LogP contribution >= 0.6 is 11.3 Å². The van der Waals surface area contributed by atoms with Crippen molar-refractivity contribution in [3.63, 3.8) is 0 Å². The zero-order valence-electron chi connectivity index (χ0n) is 18.7. The van der Waals surface area contributed by atoms with Crippen LogP contribution in [0, 0.1) is 5.82 Å². The van der Waals surface area contributed by atoms with Gasteiger partial charge in [0, 0.05) is 12.5 Å². The lowest BCUT2D eigenvalue weighted by atomic mass is 9.95. The highest BCUT2D eigenvalue weighted by atomic mass is 32.1. The molecule has 0 radical (unpaired) electrons. The van der Waals surface area contributed by atoms with E-state index in [0.29, 0.717) is 26.3 Å². The maximum Gasteiger partial charge on any atom is 0.338 e. The summed E-state index contributed by atoms with van der Waals surface area (Å²) in [6.07, 6.45) is 1.67. The lowest BCUT2D eigenvalue weighted by Crippen LogP contribution is -2.40. The Morgan fingerprint density at radius 1 is 1.18 bits per heavy atom. The van der Waals surface area contributed by atoms with Gasteiger partial charge < -0.3 is 9.47 Å². The predicted molar refractivity (Wildman–Crippen MR) is 125 cm³/mol. The van der Waals surface area contributed by atoms with Crippen molar-refractivity contribution >= 4 is 29.4 Å². The van der Waals surface area contributed by atoms with Gasteiger partial charge in [-0.05, 0) is 43.7 Å². The van der Waals surface area contributed by atoms with Crippen molar-refractivity contribution in [2.24, 2.45) is 4.99 Å². The number of hydrogen-bond acceptors (Lipinski definition) is 7. The van der Waals surface area contributed by atoms with E-state index in [4.69, 9.17) is 9.47 Å². The molecule has 0 fully saturated rings. The van der Waals surface area contributed by atoms with E-state index in [0.717, 1.165) is 11.3 Å². The second kappa shape index (κ2) is 9.56. The molecule has 1 aliphatic heterocycles. The van der Waals surface area contributed by atoms with Crippen LogP contribution in [-0.4, -0.2) is 23.1 Å². The quantitative estimate of drug-likeness (QED) is 0.414. The van der Waals surface area contributed by atoms with Crippen molar-refractivity contribution in [2.45, 2.75) is 26.8 Å². The third kappa shape index (κ3) is 4.47. The number of halogens is 1. The zero-order valence-corrected chi connectivity index (χ0v) is 19.5. The van der Waals surface area contributed by atoms with Gasteiger partial charge in [-0.1, -0.05) is 41.7 Å². The summed E-state index contributed by atoms with van der Waals surface area (Å²) in [5, 5.41) is 0. The molecule has 0 saturated carbocycles. The molecule has 3 aromatic rings. The fourth-order valence-electron chi connectivity index (χ4n) is 3.73. The van der Waals surface area contributed by atoms with Gasteiger partial charge in [0.2, 0.25) is 0 Å². The van der Waals surface area contributed by atoms with Crippen LogP contribution in [0.25, 0.3) is 6.08 Å². The summed E-state index contributed by atoms with van der Waals surface area (Å²) in [7, 11) is 0. The molecular formula is C25H21FN2O5S. The number of nitrogens with zero attached hydrogens (tertiary/aromatic N) is 2. The monoisotopic (exact) mass is 480 g/mol. The highest BCUT2D eigenvalue weighted by Crippen LogP contribution is 2.32. The first-order chi connectivity index (χ1) is 16.3. The van der Waals surface area contributed by atoms with Gasteiger partial charge in [-0.2, -0.15) is 0 Å². The van der Waals surface area contributed by atoms with E-state index >= 15 is 0 Å². The molecule has 0 N–H and O–H groups in total. The van der Waals surface area contributed by atoms with Gasteiger partial charge in [-0.3, -0.25) is 14.2 Å². The summed E-state index contributed by atoms with van der Waals surface area (Å²) in [6, 6.07) is 11.7. The molecule has 9 heteroatoms. The SMILES string of the molecule is CCOC(=O)C1=C(C)N=c2s/c(=C/c3ccc(OC(C)=O)cc3)c(=O)n2[C@H]1c1ccccc1F. The summed E-state index contributed by atoms with van der Waals surface area (Å²) in [4.78, 5) is 42.2. The smallest absolute Gasteiger partial charge is 0.338 e. The molecule has 0 aliphatic carbocycles. The Labute approximate surface area is 198 Å². The molecule has 1 aliphatic rings. The van der Waals surface area contributed by atoms with Crippen molar-refractivity contribution in [3.05, 3.63) is 96.4 Å². The average molecular weight is 481 g/mol. The molecule has 7 nitrogen and oxygen atoms in total. The minimum atomic E-state index is -1.01. The first kappa shape index (κ1) is 23.3. The summed E-state index contributed by atoms with van der Waals surface area (Å²) in [6.45, 7) is 4.76. The number of esters is 2. The number of ether oxygens (including phenoxy) is 2. The Hall–Kier alpha value is -3.85. The predicted octanol–water partition coefficient (Wildman–Crippen LogP) is 2.86. The number of rotatable bonds is 5. The fraction of sp³-hybridized carbons (Fsp3) is 0.200. The molecule has 2 aromatic carbocycles. The Bertz CT molecular complexity index is 1480. The second-order valence-electron chi connectivity index (χ2n) is 7.49. The third-order valence-electron chi connectivity index (χ3n) is 5.16. The van der Waals surface area contributed by atoms with E-state index in [1.165, 1.54) is 17.6 Å². The summed E-state index contributed by atoms with van der Waals surface area (Å²) < 4.78 is 26.8. The molecule has 0 amide bonds. The Kier molecular flexibility index (Phi) is 6.56. The average Bonchev–Trinajstić information content (AvgIpc) is 3.09. The lowest BCUT2D eigenvalue weighted by molar-refractivity contribution is -0.139. The molecule has 34 heavy (non-hydrogen) atoms. The summed E-state index contributed by atoms with van der Waals surface area (Å²) in [5.74, 6) is -1.23. The van der Waals surface area contributed by atoms with Crippen LogP contribution in [0.2, 0.25) is 0 Å². The number of hydrogen-bond donors (Lipinski definition) is 0. The van der Waals surface area contributed by atoms with Crippen LogP contribution in [-0.2, 0) is 14.3 Å². The van der Waals surface area contributed by atoms with Gasteiger partial charge >= 0.3 is 11.9 Å². The standard InChI is InChI=1S/C25H21FN2O5S/c1-4-32-24(31)21-14(2)27-25-28(22(21)18-7-5-6-8-19(18)26)23(30)20(34-25)13-16-9-11-17(12-10-16)33-15(3)29/h5-13,22H,4H2,1-3H3/b20-13+/t22-/m0/s1. The van der Waals surface area contributed by atoms with Crippen LogP contribution in [0.5, 0.6) is 5.75 Å². The maximum atomic E-state index is 14.9. The van der Waals surface area contributed by atoms with E-state index in [1.807, 2.05) is 0 Å². The lowest BCUT2D eigenvalue weighted by Gasteiger charge is -2.24. The maximum absolute atomic E-state index is 14.9. The number of carbonyl (C=O) groups is 2. The van der Waals surface area contributed by atoms with Crippen LogP contribution in [0.1, 0.15) is 37.9 Å². The topological polar surface area (TPSA) is 87.0 Å². The molecule has 0 saturated heterocycles. The minimum Gasteiger partial charge on any atom is -0.463 e. The second-order valence-corrected chi connectivity index (χ2v) is 8.50. The molecule has 0 bridgehead atoms. The van der Waals surface area contributed by atoms with Crippen LogP contribution < -0.4 is 19.6 Å². The number of benzene rings is 2. The van der Waals surface area contributed by atoms with E-state index in [-0.39, 0.29) is 17.7 Å². The van der Waals surface area contributed by atoms with E-state index < -0.39 is 29.4 Å². The Balaban J connectivity index is 1.88. The Morgan fingerprint density at radius 2 is 1.88 bits per heavy atom. The highest BCUT2D eigenvalue weighted by molar-refractivity contribution is 7.07. The van der Waals surface area contributed by atoms with Crippen LogP contribution in [0.4, 0.5) is 4.39 Å². The molecule has 4 rings (SSSR count). The molecule has 1 aromatic heterocycles. The third-order valence-corrected chi connectivity index (χ3v) is 6.14. The number of fused-ring (bicyclic) bond motifs is 1. The van der Waals surface area contributed by atoms with Crippen molar-refractivity contribution < 1.29 is 23.5 Å². The number of aromatic nitrogens is 1. The van der Waals surface area contributed by atoms with Gasteiger partial charge in [-0.15, -0.1) is 0 Å². The first-order valence-electron chi connectivity index (χ1n) is 10.5. The van der Waals surface area contributed by atoms with Crippen LogP contribution in [0.15, 0.2) is 69.6 Å². The molecule has 2 heterocycles. The van der Waals surface area contributed by atoms with Crippen molar-refractivity contribution in [3.8, 4) is 5.75 Å². The normalized spacial score (nSPS) is 15.5. The number of thiazole rings is 1. The van der Waals surface area contributed by atoms with Crippen molar-refractivity contribution in [1.82, 2.24) is 4.57 Å². The van der Waals surface area contributed by atoms with Crippen LogP contribution in [0.3, 0.4) is 0 Å². The zero-order chi connectivity index (χ0) is 24.4. The van der Waals surface area contributed by atoms with Crippen molar-refractivity contribution in [1.29, 1.82) is 0 Å². The van der Waals surface area contributed by atoms with E-state index in [2.05, 4.69) is 4.99 Å². The highest BCUT2D eigenvalue weighted by Gasteiger charge is 2.34. The molecule has 0 spiro atoms. The molecule has 1 atom stereocenters. The van der Waals surface area contributed by atoms with Gasteiger partial charge in [0.25, 0.3) is 5.56 Å². The van der Waals surface area contributed by atoms with Gasteiger partial charge in [0.15, 0.2) is 4.80 Å². The van der Waals surface area contributed by atoms with E-state index in [9.17, 15) is 18.8 Å². The van der Waals surface area contributed by atoms with E-state index in [1.54, 1.807) is 62.4 Å². The van der Waals surface area contributed by atoms with Gasteiger partial charge in [0.05, 0.1) is 22.4 Å². The molecule has 174 valence electrons. The molecular weight excluding hydrogens is 459 g/mol. The Morgan fingerprint density at radius 3 is 2.53 bits per heavy atom. The number of allylic oxidation sites excluding steroid dienone is 1. The number of carbonyl (C=O) groups excluding carboxylic acids is 2. The van der Waals surface area contributed by atoms with Gasteiger partial charge in [-0.25, -0.2) is 14.2 Å². The van der Waals surface area contributed by atoms with Crippen molar-refractivity contribution in [2.75, 3.05) is 6.61 Å². The summed E-state index contributed by atoms with van der Waals surface area (Å²) in [5.41, 5.74) is 0.959. The fourth-order valence-corrected chi connectivity index (χ4v) is 4.78. The largest absolute Gasteiger partial charge is 0.463 e. The van der Waals surface area contributed by atoms with Gasteiger partial charge in [0.1, 0.15) is 17.6 Å². The summed E-state index contributed by atoms with van der Waals surface area (Å²) >= 11 is 1.14. The molecule has 0 unspecified atom stereocenters. The first-order valence-corrected chi connectivity index (χ1v) is 11.3.